The number of phosphoric ester groups is 2. The van der Waals surface area contributed by atoms with Crippen molar-refractivity contribution < 1.29 is 61.4 Å². The third kappa shape index (κ3) is 5.89. The Kier molecular flexibility index (Phi) is 8.56. The van der Waals surface area contributed by atoms with E-state index in [0.29, 0.717) is 0 Å². The van der Waals surface area contributed by atoms with Gasteiger partial charge in [0.15, 0.2) is 35.1 Å². The number of nitrogens with zero attached hydrogens (tertiary/aromatic N) is 7. The lowest BCUT2D eigenvalue weighted by molar-refractivity contribution is -0.0698. The van der Waals surface area contributed by atoms with E-state index in [2.05, 4.69) is 29.9 Å². The van der Waals surface area contributed by atoms with Gasteiger partial charge in [-0.3, -0.25) is 41.5 Å². The average molecular weight is 718 g/mol. The summed E-state index contributed by atoms with van der Waals surface area (Å²) in [4.78, 5) is 45.5. The van der Waals surface area contributed by atoms with E-state index in [1.165, 1.54) is 10.9 Å². The van der Waals surface area contributed by atoms with Gasteiger partial charge in [0, 0.05) is 0 Å². The standard InChI is InChI=1S/C22H28N10O14P2/c23-16-10-17(26-5-25-16)31(6-27-10)20-13(35)14-9(44-20)4-42-48(39,40-2-1-33)46-15-12(34)8(3-41-47(37,38)45-14)43-21(15)32-7-28-11-18(32)29-22(24)30-19(11)36/h5-9,12-15,20-21,33-35H,1-4H2,(H,37,38)(H2,23,25,26)(H3,24,29,30,36)/t8-,9-,12?,13?,14+,15+,20-,21-,48?/m1/s1. The number of imidazole rings is 2. The summed E-state index contributed by atoms with van der Waals surface area (Å²) in [5.41, 5.74) is 10.9. The minimum absolute atomic E-state index is 0.0350. The van der Waals surface area contributed by atoms with Crippen molar-refractivity contribution in [2.75, 3.05) is 37.9 Å². The number of aliphatic hydroxyl groups excluding tert-OH is 3. The molecule has 9 N–H and O–H groups in total. The van der Waals surface area contributed by atoms with Crippen LogP contribution in [0.4, 0.5) is 11.8 Å². The Hall–Kier alpha value is -3.48. The van der Waals surface area contributed by atoms with Crippen LogP contribution >= 0.6 is 15.6 Å². The van der Waals surface area contributed by atoms with Crippen molar-refractivity contribution in [3.8, 4) is 0 Å². The molecule has 4 unspecified atom stereocenters. The Bertz CT molecular complexity index is 1990. The maximum absolute atomic E-state index is 14.1. The first-order valence-corrected chi connectivity index (χ1v) is 17.0. The van der Waals surface area contributed by atoms with Crippen LogP contribution in [0.1, 0.15) is 12.5 Å². The number of aromatic nitrogens is 8. The van der Waals surface area contributed by atoms with Crippen LogP contribution in [-0.4, -0.2) is 122 Å². The number of nitrogens with two attached hydrogens (primary N) is 2. The predicted octanol–water partition coefficient (Wildman–Crippen LogP) is -2.32. The second-order valence-corrected chi connectivity index (χ2v) is 13.7. The normalized spacial score (nSPS) is 36.1. The lowest BCUT2D eigenvalue weighted by atomic mass is 10.1. The van der Waals surface area contributed by atoms with Crippen molar-refractivity contribution in [3.05, 3.63) is 29.3 Å². The molecule has 4 aromatic rings. The molecule has 0 aromatic carbocycles. The van der Waals surface area contributed by atoms with Crippen LogP contribution in [0, 0.1) is 0 Å². The molecule has 24 nitrogen and oxygen atoms in total. The average Bonchev–Trinajstić information content (AvgIpc) is 3.80. The zero-order valence-corrected chi connectivity index (χ0v) is 26.0. The van der Waals surface area contributed by atoms with Crippen molar-refractivity contribution in [2.45, 2.75) is 49.1 Å². The molecular formula is C22H28N10O14P2. The maximum Gasteiger partial charge on any atom is 0.475 e. The summed E-state index contributed by atoms with van der Waals surface area (Å²) in [6.45, 7) is -2.78. The van der Waals surface area contributed by atoms with Gasteiger partial charge >= 0.3 is 15.6 Å². The smallest absolute Gasteiger partial charge is 0.394 e. The monoisotopic (exact) mass is 718 g/mol. The van der Waals surface area contributed by atoms with Crippen LogP contribution in [-0.2, 0) is 41.2 Å². The number of aliphatic hydroxyl groups is 3. The molecule has 3 fully saturated rings. The van der Waals surface area contributed by atoms with Gasteiger partial charge in [-0.05, 0) is 0 Å². The SMILES string of the molecule is Nc1nc2c(ncn2[C@@H]2O[C@@H]3COP(=O)(O)O[C@@H]4C(O)[C@H](n5cnc6c(N)ncnc65)O[C@@H]4COP(=O)(OCCO)O[C@H]2C3O)c(=O)[nH]1. The summed E-state index contributed by atoms with van der Waals surface area (Å²) in [5.74, 6) is -0.245. The highest BCUT2D eigenvalue weighted by Crippen LogP contribution is 2.56. The third-order valence-corrected chi connectivity index (χ3v) is 10.1. The fourth-order valence-electron chi connectivity index (χ4n) is 5.51. The maximum atomic E-state index is 14.1. The predicted molar refractivity (Wildman–Crippen MR) is 154 cm³/mol. The molecule has 48 heavy (non-hydrogen) atoms. The zero-order valence-electron chi connectivity index (χ0n) is 24.2. The Labute approximate surface area is 266 Å². The Morgan fingerprint density at radius 1 is 0.917 bits per heavy atom. The van der Waals surface area contributed by atoms with Gasteiger partial charge in [0.1, 0.15) is 48.5 Å². The van der Waals surface area contributed by atoms with Crippen LogP contribution in [0.25, 0.3) is 22.3 Å². The molecule has 0 spiro atoms. The van der Waals surface area contributed by atoms with E-state index in [4.69, 9.17) is 43.6 Å². The fourth-order valence-corrected chi connectivity index (χ4v) is 7.83. The largest absolute Gasteiger partial charge is 0.475 e. The van der Waals surface area contributed by atoms with Gasteiger partial charge in [-0.15, -0.1) is 0 Å². The molecular weight excluding hydrogens is 690 g/mol. The van der Waals surface area contributed by atoms with Gasteiger partial charge in [0.25, 0.3) is 5.56 Å². The number of anilines is 2. The first kappa shape index (κ1) is 33.0. The van der Waals surface area contributed by atoms with E-state index in [1.807, 2.05) is 0 Å². The molecule has 2 bridgehead atoms. The number of fused-ring (bicyclic) bond motifs is 5. The summed E-state index contributed by atoms with van der Waals surface area (Å²) in [7, 11) is -9.90. The molecule has 10 atom stereocenters. The molecule has 7 heterocycles. The number of hydrogen-bond donors (Lipinski definition) is 7. The molecule has 0 aliphatic carbocycles. The molecule has 0 amide bonds. The Morgan fingerprint density at radius 2 is 1.62 bits per heavy atom. The Morgan fingerprint density at radius 3 is 2.40 bits per heavy atom. The number of nitrogen functional groups attached to an aromatic ring is 2. The Balaban J connectivity index is 1.24. The highest BCUT2D eigenvalue weighted by atomic mass is 31.2. The number of hydrogen-bond acceptors (Lipinski definition) is 20. The van der Waals surface area contributed by atoms with Crippen LogP contribution in [0.5, 0.6) is 0 Å². The van der Waals surface area contributed by atoms with Gasteiger partial charge < -0.3 is 41.2 Å². The van der Waals surface area contributed by atoms with E-state index >= 15 is 0 Å². The molecule has 3 aliphatic heterocycles. The number of H-pyrrole nitrogens is 1. The summed E-state index contributed by atoms with van der Waals surface area (Å²) >= 11 is 0. The zero-order chi connectivity index (χ0) is 34.0. The highest BCUT2D eigenvalue weighted by molar-refractivity contribution is 7.48. The molecule has 0 saturated carbocycles. The van der Waals surface area contributed by atoms with Crippen molar-refractivity contribution >= 4 is 49.7 Å². The third-order valence-electron chi connectivity index (χ3n) is 7.65. The highest BCUT2D eigenvalue weighted by Gasteiger charge is 2.54. The molecule has 26 heteroatoms. The summed E-state index contributed by atoms with van der Waals surface area (Å²) in [6.07, 6.45) is -9.05. The second kappa shape index (κ2) is 12.4. The van der Waals surface area contributed by atoms with E-state index in [0.717, 1.165) is 17.2 Å². The molecule has 4 aromatic heterocycles. The van der Waals surface area contributed by atoms with Gasteiger partial charge in [-0.2, -0.15) is 4.98 Å². The van der Waals surface area contributed by atoms with Gasteiger partial charge in [0.2, 0.25) is 5.95 Å². The lowest BCUT2D eigenvalue weighted by Crippen LogP contribution is -2.36. The number of aromatic amines is 1. The van der Waals surface area contributed by atoms with E-state index < -0.39 is 96.7 Å². The topological polar surface area (TPSA) is 339 Å². The van der Waals surface area contributed by atoms with Gasteiger partial charge in [-0.25, -0.2) is 29.1 Å². The van der Waals surface area contributed by atoms with Crippen LogP contribution < -0.4 is 17.0 Å². The number of phosphoric acid groups is 2. The second-order valence-electron chi connectivity index (χ2n) is 10.7. The fraction of sp³-hybridized carbons (Fsp3) is 0.545. The molecule has 7 rings (SSSR count). The van der Waals surface area contributed by atoms with Crippen LogP contribution in [0.2, 0.25) is 0 Å². The number of ether oxygens (including phenoxy) is 2. The van der Waals surface area contributed by atoms with Crippen molar-refractivity contribution in [1.29, 1.82) is 0 Å². The minimum Gasteiger partial charge on any atom is -0.394 e. The summed E-state index contributed by atoms with van der Waals surface area (Å²) < 4.78 is 68.6. The molecule has 3 aliphatic rings. The summed E-state index contributed by atoms with van der Waals surface area (Å²) in [6, 6.07) is 0. The van der Waals surface area contributed by atoms with Crippen molar-refractivity contribution in [1.82, 2.24) is 39.0 Å². The van der Waals surface area contributed by atoms with E-state index in [1.54, 1.807) is 0 Å². The lowest BCUT2D eigenvalue weighted by Gasteiger charge is -2.27. The van der Waals surface area contributed by atoms with E-state index in [9.17, 15) is 34.1 Å². The van der Waals surface area contributed by atoms with Gasteiger partial charge in [0.05, 0.1) is 39.1 Å². The minimum atomic E-state index is -5.08. The van der Waals surface area contributed by atoms with Gasteiger partial charge in [-0.1, -0.05) is 0 Å². The quantitative estimate of drug-likeness (QED) is 0.106. The van der Waals surface area contributed by atoms with Crippen molar-refractivity contribution in [2.24, 2.45) is 0 Å². The molecule has 260 valence electrons. The van der Waals surface area contributed by atoms with Crippen molar-refractivity contribution in [3.63, 3.8) is 0 Å². The first-order chi connectivity index (χ1) is 22.9. The first-order valence-electron chi connectivity index (χ1n) is 14.0. The van der Waals surface area contributed by atoms with Crippen LogP contribution in [0.15, 0.2) is 23.8 Å². The molecule has 0 radical (unpaired) electrons. The van der Waals surface area contributed by atoms with E-state index in [-0.39, 0.29) is 34.1 Å². The van der Waals surface area contributed by atoms with Crippen LogP contribution in [0.3, 0.4) is 0 Å². The number of rotatable bonds is 5. The number of nitrogens with one attached hydrogen (secondary N) is 1. The molecule has 3 saturated heterocycles. The summed E-state index contributed by atoms with van der Waals surface area (Å²) in [5, 5.41) is 31.9.